The molecule has 2 N–H and O–H groups in total. The van der Waals surface area contributed by atoms with Crippen LogP contribution in [0.5, 0.6) is 0 Å². The van der Waals surface area contributed by atoms with Gasteiger partial charge in [0, 0.05) is 45.3 Å². The van der Waals surface area contributed by atoms with Gasteiger partial charge in [-0.2, -0.15) is 0 Å². The second-order valence-electron chi connectivity index (χ2n) is 10.1. The van der Waals surface area contributed by atoms with Gasteiger partial charge < -0.3 is 20.3 Å². The van der Waals surface area contributed by atoms with Crippen LogP contribution >= 0.6 is 24.0 Å². The topological polar surface area (TPSA) is 69.2 Å². The molecule has 2 aliphatic rings. The van der Waals surface area contributed by atoms with Crippen molar-refractivity contribution in [1.29, 1.82) is 0 Å². The standard InChI is InChI=1S/C25H41N5O2.HI/c1-6-26-23(29-13-12-22(18-29)28-24(31)32-25(3,4)5)27-15-21-14-19(2)30(17-21)16-20-10-8-7-9-11-20;/h7-11,19,21-22H,6,12-18H2,1-5H3,(H,26,27)(H,28,31);1H/t19?,21?,22-;/m1./s1. The number of nitrogens with one attached hydrogen (secondary N) is 2. The number of amides is 1. The van der Waals surface area contributed by atoms with Gasteiger partial charge in [-0.15, -0.1) is 24.0 Å². The van der Waals surface area contributed by atoms with E-state index in [1.807, 2.05) is 20.8 Å². The van der Waals surface area contributed by atoms with Crippen molar-refractivity contribution in [2.75, 3.05) is 32.7 Å². The molecule has 0 spiro atoms. The van der Waals surface area contributed by atoms with Gasteiger partial charge in [0.2, 0.25) is 0 Å². The molecule has 8 heteroatoms. The molecule has 2 heterocycles. The third-order valence-electron chi connectivity index (χ3n) is 6.06. The average molecular weight is 572 g/mol. The Labute approximate surface area is 216 Å². The van der Waals surface area contributed by atoms with Crippen molar-refractivity contribution in [2.24, 2.45) is 10.9 Å². The van der Waals surface area contributed by atoms with Crippen LogP contribution < -0.4 is 10.6 Å². The Morgan fingerprint density at radius 1 is 1.21 bits per heavy atom. The van der Waals surface area contributed by atoms with E-state index in [0.29, 0.717) is 12.0 Å². The predicted octanol–water partition coefficient (Wildman–Crippen LogP) is 4.08. The highest BCUT2D eigenvalue weighted by molar-refractivity contribution is 14.0. The van der Waals surface area contributed by atoms with Crippen LogP contribution in [0.2, 0.25) is 0 Å². The second kappa shape index (κ2) is 12.8. The molecule has 0 radical (unpaired) electrons. The SMILES string of the molecule is CCNC(=NCC1CC(C)N(Cc2ccccc2)C1)N1CC[C@@H](NC(=O)OC(C)(C)C)C1.I. The van der Waals surface area contributed by atoms with E-state index < -0.39 is 5.60 Å². The van der Waals surface area contributed by atoms with Crippen LogP contribution in [0.15, 0.2) is 35.3 Å². The summed E-state index contributed by atoms with van der Waals surface area (Å²) in [6.07, 6.45) is 1.73. The first kappa shape index (κ1) is 27.7. The van der Waals surface area contributed by atoms with Gasteiger partial charge in [0.1, 0.15) is 5.60 Å². The van der Waals surface area contributed by atoms with Gasteiger partial charge in [-0.05, 0) is 58.9 Å². The summed E-state index contributed by atoms with van der Waals surface area (Å²) >= 11 is 0. The fraction of sp³-hybridized carbons (Fsp3) is 0.680. The number of nitrogens with zero attached hydrogens (tertiary/aromatic N) is 3. The predicted molar refractivity (Wildman–Crippen MR) is 145 cm³/mol. The summed E-state index contributed by atoms with van der Waals surface area (Å²) in [5.74, 6) is 1.52. The smallest absolute Gasteiger partial charge is 0.407 e. The zero-order valence-electron chi connectivity index (χ0n) is 20.8. The minimum atomic E-state index is -0.481. The van der Waals surface area contributed by atoms with E-state index in [4.69, 9.17) is 9.73 Å². The molecule has 186 valence electrons. The number of aliphatic imine (C=N–C) groups is 1. The number of likely N-dealkylation sites (tertiary alicyclic amines) is 2. The normalized spacial score (nSPS) is 23.8. The number of hydrogen-bond acceptors (Lipinski definition) is 4. The molecule has 2 saturated heterocycles. The average Bonchev–Trinajstić information content (AvgIpc) is 3.31. The molecule has 1 aromatic rings. The van der Waals surface area contributed by atoms with Gasteiger partial charge >= 0.3 is 6.09 Å². The second-order valence-corrected chi connectivity index (χ2v) is 10.1. The summed E-state index contributed by atoms with van der Waals surface area (Å²) in [4.78, 5) is 21.9. The molecule has 2 fully saturated rings. The van der Waals surface area contributed by atoms with E-state index in [1.165, 1.54) is 12.0 Å². The minimum absolute atomic E-state index is 0. The number of halogens is 1. The largest absolute Gasteiger partial charge is 0.444 e. The molecule has 0 aliphatic carbocycles. The summed E-state index contributed by atoms with van der Waals surface area (Å²) in [6, 6.07) is 11.4. The van der Waals surface area contributed by atoms with E-state index >= 15 is 0 Å². The molecule has 7 nitrogen and oxygen atoms in total. The van der Waals surface area contributed by atoms with Gasteiger partial charge in [-0.25, -0.2) is 4.79 Å². The lowest BCUT2D eigenvalue weighted by atomic mass is 10.1. The zero-order chi connectivity index (χ0) is 23.1. The lowest BCUT2D eigenvalue weighted by Crippen LogP contribution is -2.44. The zero-order valence-corrected chi connectivity index (χ0v) is 23.2. The molecule has 0 saturated carbocycles. The molecule has 3 atom stereocenters. The van der Waals surface area contributed by atoms with Crippen LogP contribution in [0.25, 0.3) is 0 Å². The first-order chi connectivity index (χ1) is 15.2. The highest BCUT2D eigenvalue weighted by Gasteiger charge is 2.30. The lowest BCUT2D eigenvalue weighted by molar-refractivity contribution is 0.0507. The molecule has 2 unspecified atom stereocenters. The summed E-state index contributed by atoms with van der Waals surface area (Å²) in [7, 11) is 0. The summed E-state index contributed by atoms with van der Waals surface area (Å²) in [5, 5.41) is 6.44. The fourth-order valence-electron chi connectivity index (χ4n) is 4.57. The van der Waals surface area contributed by atoms with Crippen LogP contribution in [-0.2, 0) is 11.3 Å². The monoisotopic (exact) mass is 571 g/mol. The van der Waals surface area contributed by atoms with Crippen LogP contribution in [0.3, 0.4) is 0 Å². The number of benzene rings is 1. The van der Waals surface area contributed by atoms with Crippen molar-refractivity contribution in [1.82, 2.24) is 20.4 Å². The molecular weight excluding hydrogens is 529 g/mol. The molecule has 3 rings (SSSR count). The van der Waals surface area contributed by atoms with Crippen LogP contribution in [-0.4, -0.2) is 72.3 Å². The lowest BCUT2D eigenvalue weighted by Gasteiger charge is -2.24. The van der Waals surface area contributed by atoms with Crippen molar-refractivity contribution >= 4 is 36.0 Å². The molecule has 2 aliphatic heterocycles. The van der Waals surface area contributed by atoms with Gasteiger partial charge in [-0.3, -0.25) is 9.89 Å². The minimum Gasteiger partial charge on any atom is -0.444 e. The molecule has 1 amide bonds. The van der Waals surface area contributed by atoms with Gasteiger partial charge in [0.15, 0.2) is 5.96 Å². The van der Waals surface area contributed by atoms with Crippen molar-refractivity contribution in [3.8, 4) is 0 Å². The van der Waals surface area contributed by atoms with Crippen LogP contribution in [0, 0.1) is 5.92 Å². The highest BCUT2D eigenvalue weighted by atomic mass is 127. The molecule has 0 aromatic heterocycles. The Bertz CT molecular complexity index is 768. The maximum atomic E-state index is 12.1. The Balaban J connectivity index is 0.00000385. The van der Waals surface area contributed by atoms with Crippen LogP contribution in [0.1, 0.15) is 53.0 Å². The Morgan fingerprint density at radius 3 is 2.61 bits per heavy atom. The number of alkyl carbamates (subject to hydrolysis) is 1. The summed E-state index contributed by atoms with van der Waals surface area (Å²) in [6.45, 7) is 15.5. The maximum absolute atomic E-state index is 12.1. The maximum Gasteiger partial charge on any atom is 0.407 e. The molecule has 33 heavy (non-hydrogen) atoms. The highest BCUT2D eigenvalue weighted by Crippen LogP contribution is 2.25. The first-order valence-corrected chi connectivity index (χ1v) is 12.0. The van der Waals surface area contributed by atoms with E-state index in [2.05, 4.69) is 64.6 Å². The van der Waals surface area contributed by atoms with Crippen molar-refractivity contribution < 1.29 is 9.53 Å². The number of ether oxygens (including phenoxy) is 1. The number of rotatable bonds is 6. The van der Waals surface area contributed by atoms with Crippen molar-refractivity contribution in [3.63, 3.8) is 0 Å². The van der Waals surface area contributed by atoms with E-state index in [9.17, 15) is 4.79 Å². The summed E-state index contributed by atoms with van der Waals surface area (Å²) < 4.78 is 5.40. The van der Waals surface area contributed by atoms with Gasteiger partial charge in [0.05, 0.1) is 6.04 Å². The van der Waals surface area contributed by atoms with Crippen LogP contribution in [0.4, 0.5) is 4.79 Å². The quantitative estimate of drug-likeness (QED) is 0.306. The molecular formula is C25H42IN5O2. The Hall–Kier alpha value is -1.55. The fourth-order valence-corrected chi connectivity index (χ4v) is 4.57. The summed E-state index contributed by atoms with van der Waals surface area (Å²) in [5.41, 5.74) is 0.892. The third kappa shape index (κ3) is 8.96. The molecule has 1 aromatic carbocycles. The van der Waals surface area contributed by atoms with E-state index in [0.717, 1.165) is 51.6 Å². The first-order valence-electron chi connectivity index (χ1n) is 12.0. The van der Waals surface area contributed by atoms with E-state index in [1.54, 1.807) is 0 Å². The number of hydrogen-bond donors (Lipinski definition) is 2. The van der Waals surface area contributed by atoms with Crippen molar-refractivity contribution in [3.05, 3.63) is 35.9 Å². The van der Waals surface area contributed by atoms with Gasteiger partial charge in [0.25, 0.3) is 0 Å². The third-order valence-corrected chi connectivity index (χ3v) is 6.06. The number of guanidine groups is 1. The number of carbonyl (C=O) groups excluding carboxylic acids is 1. The Kier molecular flexibility index (Phi) is 10.7. The van der Waals surface area contributed by atoms with E-state index in [-0.39, 0.29) is 36.1 Å². The molecule has 0 bridgehead atoms. The van der Waals surface area contributed by atoms with Crippen molar-refractivity contribution in [2.45, 2.75) is 71.7 Å². The number of carbonyl (C=O) groups is 1. The Morgan fingerprint density at radius 2 is 1.94 bits per heavy atom. The van der Waals surface area contributed by atoms with Gasteiger partial charge in [-0.1, -0.05) is 30.3 Å².